The smallest absolute Gasteiger partial charge is 0.475 e. The predicted molar refractivity (Wildman–Crippen MR) is 143 cm³/mol. The molecule has 224 valence electrons. The Morgan fingerprint density at radius 2 is 1.42 bits per heavy atom. The van der Waals surface area contributed by atoms with Gasteiger partial charge in [0.1, 0.15) is 5.82 Å². The minimum Gasteiger partial charge on any atom is -0.475 e. The van der Waals surface area contributed by atoms with Crippen LogP contribution in [-0.2, 0) is 9.59 Å². The first-order chi connectivity index (χ1) is 20.1. The summed E-state index contributed by atoms with van der Waals surface area (Å²) in [7, 11) is 0. The van der Waals surface area contributed by atoms with Crippen molar-refractivity contribution in [2.45, 2.75) is 12.4 Å². The number of aliphatic carboxylic acids is 2. The molecule has 3 heterocycles. The fourth-order valence-corrected chi connectivity index (χ4v) is 3.55. The Balaban J connectivity index is 0.000000303. The van der Waals surface area contributed by atoms with Gasteiger partial charge in [0, 0.05) is 45.6 Å². The van der Waals surface area contributed by atoms with Gasteiger partial charge in [-0.05, 0) is 48.5 Å². The Morgan fingerprint density at radius 1 is 0.814 bits per heavy atom. The number of nitrogens with zero attached hydrogens (tertiary/aromatic N) is 3. The zero-order valence-corrected chi connectivity index (χ0v) is 21.9. The van der Waals surface area contributed by atoms with Gasteiger partial charge in [-0.15, -0.1) is 0 Å². The number of hydrogen-bond donors (Lipinski definition) is 3. The molecular weight excluding hydrogens is 610 g/mol. The van der Waals surface area contributed by atoms with E-state index in [1.165, 1.54) is 0 Å². The molecule has 0 saturated carbocycles. The molecule has 3 aromatic heterocycles. The molecular formula is C27H17ClF6N4O5. The number of alkyl halides is 6. The minimum absolute atomic E-state index is 0.266. The quantitative estimate of drug-likeness (QED) is 0.189. The minimum atomic E-state index is -5.08. The molecule has 0 aliphatic rings. The van der Waals surface area contributed by atoms with E-state index in [-0.39, 0.29) is 5.91 Å². The molecule has 0 spiro atoms. The SMILES string of the molecule is O=C(Nc1cccc2cnccc12)c1nc(-c2ccc(Cl)cc2)n2ccccc12.O=C(O)C(F)(F)F.O=C(O)C(F)(F)F. The van der Waals surface area contributed by atoms with E-state index in [4.69, 9.17) is 31.4 Å². The summed E-state index contributed by atoms with van der Waals surface area (Å²) >= 11 is 6.02. The lowest BCUT2D eigenvalue weighted by Crippen LogP contribution is -2.21. The van der Waals surface area contributed by atoms with E-state index in [1.54, 1.807) is 12.4 Å². The van der Waals surface area contributed by atoms with Crippen molar-refractivity contribution in [3.8, 4) is 11.4 Å². The second-order valence-corrected chi connectivity index (χ2v) is 8.65. The summed E-state index contributed by atoms with van der Waals surface area (Å²) in [4.78, 5) is 39.7. The largest absolute Gasteiger partial charge is 0.490 e. The third-order valence-electron chi connectivity index (χ3n) is 5.28. The summed E-state index contributed by atoms with van der Waals surface area (Å²) in [6.45, 7) is 0. The number of hydrogen-bond acceptors (Lipinski definition) is 5. The van der Waals surface area contributed by atoms with E-state index in [0.717, 1.165) is 27.5 Å². The van der Waals surface area contributed by atoms with E-state index in [0.29, 0.717) is 16.5 Å². The summed E-state index contributed by atoms with van der Waals surface area (Å²) in [6.07, 6.45) is -4.79. The van der Waals surface area contributed by atoms with Crippen LogP contribution in [0, 0.1) is 0 Å². The first-order valence-electron chi connectivity index (χ1n) is 11.6. The van der Waals surface area contributed by atoms with Crippen LogP contribution >= 0.6 is 11.6 Å². The van der Waals surface area contributed by atoms with Gasteiger partial charge in [-0.25, -0.2) is 14.6 Å². The molecule has 2 aromatic carbocycles. The van der Waals surface area contributed by atoms with Gasteiger partial charge in [0.15, 0.2) is 5.69 Å². The van der Waals surface area contributed by atoms with Crippen molar-refractivity contribution in [3.05, 3.63) is 96.0 Å². The van der Waals surface area contributed by atoms with Gasteiger partial charge < -0.3 is 15.5 Å². The first kappa shape index (κ1) is 32.3. The summed E-state index contributed by atoms with van der Waals surface area (Å²) in [6, 6.07) is 20.7. The van der Waals surface area contributed by atoms with Gasteiger partial charge in [-0.1, -0.05) is 29.8 Å². The van der Waals surface area contributed by atoms with Gasteiger partial charge in [0.05, 0.1) is 5.52 Å². The summed E-state index contributed by atoms with van der Waals surface area (Å²) in [5, 5.41) is 19.8. The molecule has 5 rings (SSSR count). The lowest BCUT2D eigenvalue weighted by atomic mass is 10.1. The third-order valence-corrected chi connectivity index (χ3v) is 5.53. The number of carbonyl (C=O) groups excluding carboxylic acids is 1. The van der Waals surface area contributed by atoms with Crippen molar-refractivity contribution >= 4 is 51.4 Å². The molecule has 43 heavy (non-hydrogen) atoms. The molecule has 0 aliphatic carbocycles. The van der Waals surface area contributed by atoms with Crippen molar-refractivity contribution in [2.75, 3.05) is 5.32 Å². The Labute approximate surface area is 242 Å². The highest BCUT2D eigenvalue weighted by atomic mass is 35.5. The number of halogens is 7. The van der Waals surface area contributed by atoms with E-state index in [1.807, 2.05) is 77.3 Å². The average molecular weight is 627 g/mol. The second kappa shape index (κ2) is 13.2. The maximum Gasteiger partial charge on any atom is 0.490 e. The van der Waals surface area contributed by atoms with Gasteiger partial charge >= 0.3 is 24.3 Å². The number of fused-ring (bicyclic) bond motifs is 2. The summed E-state index contributed by atoms with van der Waals surface area (Å²) < 4.78 is 65.4. The predicted octanol–water partition coefficient (Wildman–Crippen LogP) is 6.72. The summed E-state index contributed by atoms with van der Waals surface area (Å²) in [5.74, 6) is -5.09. The number of amides is 1. The number of carboxylic acid groups (broad SMARTS) is 2. The third kappa shape index (κ3) is 8.42. The molecule has 3 N–H and O–H groups in total. The van der Waals surface area contributed by atoms with Gasteiger partial charge in [0.2, 0.25) is 0 Å². The Kier molecular flexibility index (Phi) is 9.93. The van der Waals surface area contributed by atoms with Crippen LogP contribution in [0.3, 0.4) is 0 Å². The Bertz CT molecular complexity index is 1740. The van der Waals surface area contributed by atoms with Crippen LogP contribution in [0.1, 0.15) is 10.5 Å². The fraction of sp³-hybridized carbons (Fsp3) is 0.0741. The molecule has 0 unspecified atom stereocenters. The molecule has 16 heteroatoms. The second-order valence-electron chi connectivity index (χ2n) is 8.21. The zero-order chi connectivity index (χ0) is 31.9. The molecule has 1 amide bonds. The topological polar surface area (TPSA) is 134 Å². The number of aromatic nitrogens is 3. The van der Waals surface area contributed by atoms with Crippen molar-refractivity contribution in [2.24, 2.45) is 0 Å². The van der Waals surface area contributed by atoms with Crippen LogP contribution in [0.4, 0.5) is 32.0 Å². The number of nitrogens with one attached hydrogen (secondary N) is 1. The lowest BCUT2D eigenvalue weighted by molar-refractivity contribution is -0.193. The highest BCUT2D eigenvalue weighted by Gasteiger charge is 2.38. The van der Waals surface area contributed by atoms with Crippen LogP contribution in [0.5, 0.6) is 0 Å². The number of pyridine rings is 2. The molecule has 0 aliphatic heterocycles. The van der Waals surface area contributed by atoms with E-state index in [9.17, 15) is 31.1 Å². The molecule has 9 nitrogen and oxygen atoms in total. The molecule has 0 atom stereocenters. The van der Waals surface area contributed by atoms with Crippen LogP contribution in [-0.4, -0.2) is 54.8 Å². The van der Waals surface area contributed by atoms with Crippen LogP contribution in [0.25, 0.3) is 27.7 Å². The molecule has 0 saturated heterocycles. The fourth-order valence-electron chi connectivity index (χ4n) is 3.42. The number of carbonyl (C=O) groups is 3. The van der Waals surface area contributed by atoms with Crippen molar-refractivity contribution < 1.29 is 50.9 Å². The standard InChI is InChI=1S/C23H15ClN4O.2C2HF3O2/c24-17-9-7-15(8-10-17)22-27-21(20-6-1-2-13-28(20)22)23(29)26-19-5-3-4-16-14-25-12-11-18(16)19;2*3-2(4,5)1(6)7/h1-14H,(H,26,29);2*(H,6,7). The van der Waals surface area contributed by atoms with Gasteiger partial charge in [-0.3, -0.25) is 14.2 Å². The van der Waals surface area contributed by atoms with Crippen LogP contribution in [0.15, 0.2) is 85.3 Å². The van der Waals surface area contributed by atoms with Gasteiger partial charge in [0.25, 0.3) is 5.91 Å². The Hall–Kier alpha value is -5.18. The van der Waals surface area contributed by atoms with E-state index >= 15 is 0 Å². The number of carboxylic acids is 2. The van der Waals surface area contributed by atoms with E-state index in [2.05, 4.69) is 15.3 Å². The first-order valence-corrected chi connectivity index (χ1v) is 11.9. The van der Waals surface area contributed by atoms with Crippen molar-refractivity contribution in [3.63, 3.8) is 0 Å². The average Bonchev–Trinajstić information content (AvgIpc) is 3.33. The van der Waals surface area contributed by atoms with E-state index < -0.39 is 24.3 Å². The Morgan fingerprint density at radius 3 is 2.00 bits per heavy atom. The molecule has 0 radical (unpaired) electrons. The maximum atomic E-state index is 13.1. The lowest BCUT2D eigenvalue weighted by Gasteiger charge is -2.07. The summed E-state index contributed by atoms with van der Waals surface area (Å²) in [5.41, 5.74) is 2.70. The van der Waals surface area contributed by atoms with Gasteiger partial charge in [-0.2, -0.15) is 26.3 Å². The molecule has 0 bridgehead atoms. The van der Waals surface area contributed by atoms with Crippen molar-refractivity contribution in [1.82, 2.24) is 14.4 Å². The maximum absolute atomic E-state index is 13.1. The monoisotopic (exact) mass is 626 g/mol. The number of imidazole rings is 1. The number of rotatable bonds is 3. The van der Waals surface area contributed by atoms with Crippen LogP contribution < -0.4 is 5.32 Å². The molecule has 0 fully saturated rings. The number of anilines is 1. The number of benzene rings is 2. The normalized spacial score (nSPS) is 11.1. The van der Waals surface area contributed by atoms with Crippen LogP contribution in [0.2, 0.25) is 5.02 Å². The zero-order valence-electron chi connectivity index (χ0n) is 21.2. The molecule has 5 aromatic rings. The highest BCUT2D eigenvalue weighted by molar-refractivity contribution is 6.30. The van der Waals surface area contributed by atoms with Crippen molar-refractivity contribution in [1.29, 1.82) is 0 Å². The highest BCUT2D eigenvalue weighted by Crippen LogP contribution is 2.27.